The first-order valence-corrected chi connectivity index (χ1v) is 7.02. The van der Waals surface area contributed by atoms with E-state index in [0.29, 0.717) is 5.69 Å². The summed E-state index contributed by atoms with van der Waals surface area (Å²) in [5.41, 5.74) is 6.02. The highest BCUT2D eigenvalue weighted by Gasteiger charge is 2.30. The summed E-state index contributed by atoms with van der Waals surface area (Å²) >= 11 is 0. The van der Waals surface area contributed by atoms with Gasteiger partial charge in [0.25, 0.3) is 0 Å². The summed E-state index contributed by atoms with van der Waals surface area (Å²) < 4.78 is 62.6. The van der Waals surface area contributed by atoms with Crippen molar-refractivity contribution in [1.82, 2.24) is 9.29 Å². The Kier molecular flexibility index (Phi) is 4.64. The molecule has 19 heavy (non-hydrogen) atoms. The van der Waals surface area contributed by atoms with Gasteiger partial charge in [-0.1, -0.05) is 0 Å². The van der Waals surface area contributed by atoms with E-state index in [2.05, 4.69) is 0 Å². The van der Waals surface area contributed by atoms with E-state index in [-0.39, 0.29) is 17.5 Å². The van der Waals surface area contributed by atoms with E-state index in [1.807, 2.05) is 13.8 Å². The zero-order valence-electron chi connectivity index (χ0n) is 10.5. The average molecular weight is 299 g/mol. The van der Waals surface area contributed by atoms with Crippen LogP contribution in [0.15, 0.2) is 17.2 Å². The smallest absolute Gasteiger partial charge is 0.346 e. The van der Waals surface area contributed by atoms with Crippen LogP contribution in [0.25, 0.3) is 0 Å². The third-order valence-electron chi connectivity index (χ3n) is 2.45. The molecule has 0 unspecified atom stereocenters. The van der Waals surface area contributed by atoms with E-state index in [4.69, 9.17) is 5.73 Å². The topological polar surface area (TPSA) is 77.1 Å². The highest BCUT2D eigenvalue weighted by molar-refractivity contribution is 7.89. The normalized spacial score (nSPS) is 13.2. The number of hydrogen-bond donors (Lipinski definition) is 2. The summed E-state index contributed by atoms with van der Waals surface area (Å²) in [4.78, 5) is -0.217. The van der Waals surface area contributed by atoms with E-state index < -0.39 is 22.7 Å². The van der Waals surface area contributed by atoms with Crippen LogP contribution in [0.4, 0.5) is 13.2 Å². The standard InChI is InChI=1S/C10H16F3N3O2S/c1-7(2)16-5-9(3-8(16)4-14)19(17,18)15-6-10(11,12)13/h3,5,7,15H,4,6,14H2,1-2H3. The molecule has 1 heterocycles. The van der Waals surface area contributed by atoms with E-state index in [9.17, 15) is 21.6 Å². The molecule has 110 valence electrons. The van der Waals surface area contributed by atoms with Crippen molar-refractivity contribution in [2.45, 2.75) is 37.5 Å². The Balaban J connectivity index is 3.02. The van der Waals surface area contributed by atoms with Crippen LogP contribution in [-0.4, -0.2) is 25.7 Å². The molecule has 0 bridgehead atoms. The lowest BCUT2D eigenvalue weighted by atomic mass is 10.3. The molecule has 3 N–H and O–H groups in total. The Hall–Kier alpha value is -1.06. The molecule has 5 nitrogen and oxygen atoms in total. The molecule has 0 radical (unpaired) electrons. The predicted octanol–water partition coefficient (Wildman–Crippen LogP) is 1.37. The second-order valence-electron chi connectivity index (χ2n) is 4.31. The summed E-state index contributed by atoms with van der Waals surface area (Å²) in [6.45, 7) is 2.14. The quantitative estimate of drug-likeness (QED) is 0.862. The predicted molar refractivity (Wildman–Crippen MR) is 64.0 cm³/mol. The molecule has 0 fully saturated rings. The van der Waals surface area contributed by atoms with Gasteiger partial charge in [-0.25, -0.2) is 13.1 Å². The number of nitrogens with one attached hydrogen (secondary N) is 1. The molecule has 0 saturated heterocycles. The van der Waals surface area contributed by atoms with Gasteiger partial charge in [0.15, 0.2) is 0 Å². The Labute approximate surface area is 109 Å². The molecule has 0 aromatic carbocycles. The van der Waals surface area contributed by atoms with Gasteiger partial charge in [-0.05, 0) is 19.9 Å². The maximum atomic E-state index is 12.0. The van der Waals surface area contributed by atoms with Gasteiger partial charge >= 0.3 is 6.18 Å². The Morgan fingerprint density at radius 1 is 1.42 bits per heavy atom. The Bertz CT molecular complexity index is 535. The molecule has 0 spiro atoms. The Morgan fingerprint density at radius 2 is 2.00 bits per heavy atom. The number of nitrogens with zero attached hydrogens (tertiary/aromatic N) is 1. The van der Waals surface area contributed by atoms with Gasteiger partial charge < -0.3 is 10.3 Å². The van der Waals surface area contributed by atoms with Crippen molar-refractivity contribution < 1.29 is 21.6 Å². The SMILES string of the molecule is CC(C)n1cc(S(=O)(=O)NCC(F)(F)F)cc1CN. The van der Waals surface area contributed by atoms with Gasteiger partial charge in [-0.3, -0.25) is 0 Å². The monoisotopic (exact) mass is 299 g/mol. The molecule has 1 aromatic rings. The second-order valence-corrected chi connectivity index (χ2v) is 6.08. The first kappa shape index (κ1) is 16.0. The molecule has 9 heteroatoms. The molecule has 1 aromatic heterocycles. The number of nitrogens with two attached hydrogens (primary N) is 1. The summed E-state index contributed by atoms with van der Waals surface area (Å²) in [6.07, 6.45) is -3.31. The van der Waals surface area contributed by atoms with Gasteiger partial charge in [0, 0.05) is 24.5 Å². The number of hydrogen-bond acceptors (Lipinski definition) is 3. The molecular formula is C10H16F3N3O2S. The van der Waals surface area contributed by atoms with Crippen LogP contribution in [-0.2, 0) is 16.6 Å². The molecule has 0 aliphatic carbocycles. The lowest BCUT2D eigenvalue weighted by Gasteiger charge is -2.11. The molecule has 0 saturated carbocycles. The van der Waals surface area contributed by atoms with Crippen molar-refractivity contribution in [3.8, 4) is 0 Å². The zero-order chi connectivity index (χ0) is 14.8. The molecule has 1 rings (SSSR count). The van der Waals surface area contributed by atoms with Crippen molar-refractivity contribution in [3.05, 3.63) is 18.0 Å². The van der Waals surface area contributed by atoms with Crippen LogP contribution in [0.2, 0.25) is 0 Å². The van der Waals surface area contributed by atoms with Crippen molar-refractivity contribution in [2.24, 2.45) is 5.73 Å². The molecule has 0 atom stereocenters. The van der Waals surface area contributed by atoms with Crippen molar-refractivity contribution in [2.75, 3.05) is 6.54 Å². The van der Waals surface area contributed by atoms with Crippen LogP contribution in [0.5, 0.6) is 0 Å². The second kappa shape index (κ2) is 5.51. The van der Waals surface area contributed by atoms with Crippen molar-refractivity contribution in [1.29, 1.82) is 0 Å². The van der Waals surface area contributed by atoms with Gasteiger partial charge in [-0.2, -0.15) is 13.2 Å². The highest BCUT2D eigenvalue weighted by Crippen LogP contribution is 2.20. The van der Waals surface area contributed by atoms with Crippen LogP contribution in [0.3, 0.4) is 0 Å². The van der Waals surface area contributed by atoms with E-state index in [1.165, 1.54) is 17.0 Å². The minimum absolute atomic E-state index is 0.0369. The summed E-state index contributed by atoms with van der Waals surface area (Å²) in [5, 5.41) is 0. The van der Waals surface area contributed by atoms with Gasteiger partial charge in [0.2, 0.25) is 10.0 Å². The van der Waals surface area contributed by atoms with Crippen molar-refractivity contribution in [3.63, 3.8) is 0 Å². The van der Waals surface area contributed by atoms with Crippen LogP contribution >= 0.6 is 0 Å². The molecule has 0 aliphatic rings. The van der Waals surface area contributed by atoms with Crippen molar-refractivity contribution >= 4 is 10.0 Å². The van der Waals surface area contributed by atoms with Crippen LogP contribution < -0.4 is 10.5 Å². The van der Waals surface area contributed by atoms with E-state index in [0.717, 1.165) is 0 Å². The van der Waals surface area contributed by atoms with E-state index in [1.54, 1.807) is 4.57 Å². The van der Waals surface area contributed by atoms with Gasteiger partial charge in [0.1, 0.15) is 6.54 Å². The van der Waals surface area contributed by atoms with Gasteiger partial charge in [0.05, 0.1) is 4.90 Å². The summed E-state index contributed by atoms with van der Waals surface area (Å²) in [7, 11) is -4.19. The minimum atomic E-state index is -4.59. The van der Waals surface area contributed by atoms with Crippen LogP contribution in [0.1, 0.15) is 25.6 Å². The molecule has 0 aliphatic heterocycles. The largest absolute Gasteiger partial charge is 0.402 e. The number of halogens is 3. The first-order chi connectivity index (χ1) is 8.57. The summed E-state index contributed by atoms with van der Waals surface area (Å²) in [5.74, 6) is 0. The fourth-order valence-electron chi connectivity index (χ4n) is 1.55. The highest BCUT2D eigenvalue weighted by atomic mass is 32.2. The third kappa shape index (κ3) is 4.22. The maximum Gasteiger partial charge on any atom is 0.402 e. The summed E-state index contributed by atoms with van der Waals surface area (Å²) in [6, 6.07) is 1.24. The number of aromatic nitrogens is 1. The molecular weight excluding hydrogens is 283 g/mol. The van der Waals surface area contributed by atoms with E-state index >= 15 is 0 Å². The number of alkyl halides is 3. The lowest BCUT2D eigenvalue weighted by Crippen LogP contribution is -2.33. The average Bonchev–Trinajstić information content (AvgIpc) is 2.70. The maximum absolute atomic E-state index is 12.0. The number of sulfonamides is 1. The first-order valence-electron chi connectivity index (χ1n) is 5.54. The fraction of sp³-hybridized carbons (Fsp3) is 0.600. The third-order valence-corrected chi connectivity index (χ3v) is 3.81. The minimum Gasteiger partial charge on any atom is -0.346 e. The number of rotatable bonds is 5. The Morgan fingerprint density at radius 3 is 2.37 bits per heavy atom. The fourth-order valence-corrected chi connectivity index (χ4v) is 2.61. The lowest BCUT2D eigenvalue weighted by molar-refractivity contribution is -0.121. The van der Waals surface area contributed by atoms with Gasteiger partial charge in [-0.15, -0.1) is 0 Å². The van der Waals surface area contributed by atoms with Crippen LogP contribution in [0, 0.1) is 0 Å². The zero-order valence-corrected chi connectivity index (χ0v) is 11.3. The molecule has 0 amide bonds.